The fourth-order valence-corrected chi connectivity index (χ4v) is 3.93. The van der Waals surface area contributed by atoms with E-state index in [2.05, 4.69) is 6.07 Å². The largest absolute Gasteiger partial charge is 0.389 e. The highest BCUT2D eigenvalue weighted by molar-refractivity contribution is 7.80. The van der Waals surface area contributed by atoms with Gasteiger partial charge in [-0.25, -0.2) is 0 Å². The van der Waals surface area contributed by atoms with Crippen LogP contribution in [0.4, 0.5) is 5.69 Å². The number of aryl methyl sites for hydroxylation is 2. The Bertz CT molecular complexity index is 682. The van der Waals surface area contributed by atoms with Gasteiger partial charge in [-0.2, -0.15) is 0 Å². The smallest absolute Gasteiger partial charge is 0.268 e. The molecule has 0 aliphatic heterocycles. The van der Waals surface area contributed by atoms with Gasteiger partial charge in [-0.05, 0) is 55.2 Å². The lowest BCUT2D eigenvalue weighted by Crippen LogP contribution is -2.25. The summed E-state index contributed by atoms with van der Waals surface area (Å²) in [5.74, 6) is 0.0393. The topological polar surface area (TPSA) is 46.3 Å². The summed E-state index contributed by atoms with van der Waals surface area (Å²) in [6.45, 7) is 0. The maximum absolute atomic E-state index is 12.6. The molecule has 2 aromatic rings. The SMILES string of the molecule is CN(C(=O)c1cc2c(s1)CCC2)c1ccc(C(N)=S)cc1. The van der Waals surface area contributed by atoms with Crippen LogP contribution in [0.5, 0.6) is 0 Å². The molecular formula is C16H16N2OS2. The predicted octanol–water partition coefficient (Wildman–Crippen LogP) is 3.15. The Labute approximate surface area is 133 Å². The third-order valence-corrected chi connectivity index (χ3v) is 5.26. The number of hydrogen-bond donors (Lipinski definition) is 1. The van der Waals surface area contributed by atoms with Crippen molar-refractivity contribution in [2.24, 2.45) is 5.73 Å². The second kappa shape index (κ2) is 5.58. The molecule has 1 aromatic heterocycles. The Balaban J connectivity index is 1.81. The van der Waals surface area contributed by atoms with Crippen molar-refractivity contribution in [2.45, 2.75) is 19.3 Å². The molecule has 0 bridgehead atoms. The van der Waals surface area contributed by atoms with Gasteiger partial charge in [-0.15, -0.1) is 11.3 Å². The van der Waals surface area contributed by atoms with Crippen molar-refractivity contribution in [1.82, 2.24) is 0 Å². The van der Waals surface area contributed by atoms with Gasteiger partial charge < -0.3 is 10.6 Å². The Morgan fingerprint density at radius 2 is 2.00 bits per heavy atom. The van der Waals surface area contributed by atoms with Crippen LogP contribution in [0.25, 0.3) is 0 Å². The van der Waals surface area contributed by atoms with Crippen molar-refractivity contribution in [2.75, 3.05) is 11.9 Å². The van der Waals surface area contributed by atoms with E-state index >= 15 is 0 Å². The molecule has 1 aliphatic rings. The zero-order valence-corrected chi connectivity index (χ0v) is 13.4. The third-order valence-electron chi connectivity index (χ3n) is 3.80. The van der Waals surface area contributed by atoms with Crippen LogP contribution in [0.3, 0.4) is 0 Å². The molecule has 108 valence electrons. The molecule has 0 radical (unpaired) electrons. The van der Waals surface area contributed by atoms with Crippen LogP contribution in [0.15, 0.2) is 30.3 Å². The monoisotopic (exact) mass is 316 g/mol. The lowest BCUT2D eigenvalue weighted by Gasteiger charge is -2.16. The van der Waals surface area contributed by atoms with Crippen LogP contribution >= 0.6 is 23.6 Å². The number of thiophene rings is 1. The number of carbonyl (C=O) groups excluding carboxylic acids is 1. The summed E-state index contributed by atoms with van der Waals surface area (Å²) in [6, 6.07) is 9.47. The fraction of sp³-hybridized carbons (Fsp3) is 0.250. The number of thiocarbonyl (C=S) groups is 1. The first-order valence-electron chi connectivity index (χ1n) is 6.86. The van der Waals surface area contributed by atoms with Crippen molar-refractivity contribution in [3.05, 3.63) is 51.2 Å². The minimum Gasteiger partial charge on any atom is -0.389 e. The standard InChI is InChI=1S/C16H16N2OS2/c1-18(12-7-5-10(6-8-12)15(17)20)16(19)14-9-11-3-2-4-13(11)21-14/h5-9H,2-4H2,1H3,(H2,17,20). The molecule has 2 N–H and O–H groups in total. The number of nitrogens with two attached hydrogens (primary N) is 1. The number of hydrogen-bond acceptors (Lipinski definition) is 3. The van der Waals surface area contributed by atoms with Gasteiger partial charge in [-0.3, -0.25) is 4.79 Å². The minimum absolute atomic E-state index is 0.0393. The molecule has 0 saturated heterocycles. The normalized spacial score (nSPS) is 13.0. The zero-order valence-electron chi connectivity index (χ0n) is 11.8. The second-order valence-corrected chi connectivity index (χ2v) is 6.76. The zero-order chi connectivity index (χ0) is 15.0. The summed E-state index contributed by atoms with van der Waals surface area (Å²) in [5, 5.41) is 0. The molecule has 5 heteroatoms. The van der Waals surface area contributed by atoms with Gasteiger partial charge in [0, 0.05) is 23.2 Å². The van der Waals surface area contributed by atoms with E-state index in [0.29, 0.717) is 4.99 Å². The Kier molecular flexibility index (Phi) is 3.78. The van der Waals surface area contributed by atoms with Crippen molar-refractivity contribution in [3.63, 3.8) is 0 Å². The molecule has 1 amide bonds. The summed E-state index contributed by atoms with van der Waals surface area (Å²) in [6.07, 6.45) is 3.43. The first kappa shape index (κ1) is 14.2. The van der Waals surface area contributed by atoms with E-state index in [1.165, 1.54) is 16.9 Å². The maximum atomic E-state index is 12.6. The van der Waals surface area contributed by atoms with Gasteiger partial charge in [0.1, 0.15) is 4.99 Å². The van der Waals surface area contributed by atoms with E-state index in [0.717, 1.165) is 29.0 Å². The molecule has 0 unspecified atom stereocenters. The second-order valence-electron chi connectivity index (χ2n) is 5.19. The van der Waals surface area contributed by atoms with E-state index in [1.807, 2.05) is 24.3 Å². The van der Waals surface area contributed by atoms with E-state index in [1.54, 1.807) is 23.3 Å². The number of nitrogens with zero attached hydrogens (tertiary/aromatic N) is 1. The van der Waals surface area contributed by atoms with Crippen LogP contribution in [-0.2, 0) is 12.8 Å². The summed E-state index contributed by atoms with van der Waals surface area (Å²) in [4.78, 5) is 16.8. The van der Waals surface area contributed by atoms with Crippen LogP contribution in [0.2, 0.25) is 0 Å². The lowest BCUT2D eigenvalue weighted by molar-refractivity contribution is 0.0997. The molecule has 0 saturated carbocycles. The number of anilines is 1. The van der Waals surface area contributed by atoms with Crippen LogP contribution in [0.1, 0.15) is 32.1 Å². The van der Waals surface area contributed by atoms with Gasteiger partial charge in [0.15, 0.2) is 0 Å². The number of benzene rings is 1. The summed E-state index contributed by atoms with van der Waals surface area (Å²) in [7, 11) is 1.79. The molecule has 21 heavy (non-hydrogen) atoms. The summed E-state index contributed by atoms with van der Waals surface area (Å²) in [5.41, 5.74) is 8.58. The van der Waals surface area contributed by atoms with E-state index < -0.39 is 0 Å². The van der Waals surface area contributed by atoms with Gasteiger partial charge in [0.25, 0.3) is 5.91 Å². The highest BCUT2D eigenvalue weighted by atomic mass is 32.1. The highest BCUT2D eigenvalue weighted by Gasteiger charge is 2.21. The molecule has 3 rings (SSSR count). The van der Waals surface area contributed by atoms with Crippen molar-refractivity contribution in [1.29, 1.82) is 0 Å². The fourth-order valence-electron chi connectivity index (χ4n) is 2.57. The Morgan fingerprint density at radius 3 is 2.62 bits per heavy atom. The van der Waals surface area contributed by atoms with Crippen molar-refractivity contribution >= 4 is 40.1 Å². The average molecular weight is 316 g/mol. The predicted molar refractivity (Wildman–Crippen MR) is 91.4 cm³/mol. The molecule has 0 atom stereocenters. The van der Waals surface area contributed by atoms with Crippen molar-refractivity contribution < 1.29 is 4.79 Å². The number of rotatable bonds is 3. The minimum atomic E-state index is 0.0393. The molecule has 0 spiro atoms. The Morgan fingerprint density at radius 1 is 1.29 bits per heavy atom. The number of fused-ring (bicyclic) bond motifs is 1. The molecule has 1 aromatic carbocycles. The van der Waals surface area contributed by atoms with Gasteiger partial charge in [0.05, 0.1) is 4.88 Å². The molecule has 3 nitrogen and oxygen atoms in total. The maximum Gasteiger partial charge on any atom is 0.268 e. The van der Waals surface area contributed by atoms with Crippen LogP contribution in [0, 0.1) is 0 Å². The van der Waals surface area contributed by atoms with E-state index in [4.69, 9.17) is 18.0 Å². The van der Waals surface area contributed by atoms with E-state index in [9.17, 15) is 4.79 Å². The first-order chi connectivity index (χ1) is 10.1. The Hall–Kier alpha value is -1.72. The highest BCUT2D eigenvalue weighted by Crippen LogP contribution is 2.31. The van der Waals surface area contributed by atoms with Gasteiger partial charge >= 0.3 is 0 Å². The quantitative estimate of drug-likeness (QED) is 0.885. The third kappa shape index (κ3) is 2.71. The molecule has 1 aliphatic carbocycles. The first-order valence-corrected chi connectivity index (χ1v) is 8.08. The lowest BCUT2D eigenvalue weighted by atomic mass is 10.2. The summed E-state index contributed by atoms with van der Waals surface area (Å²) < 4.78 is 0. The molecule has 0 fully saturated rings. The van der Waals surface area contributed by atoms with E-state index in [-0.39, 0.29) is 5.91 Å². The van der Waals surface area contributed by atoms with Crippen LogP contribution in [-0.4, -0.2) is 17.9 Å². The van der Waals surface area contributed by atoms with Crippen molar-refractivity contribution in [3.8, 4) is 0 Å². The molecule has 1 heterocycles. The van der Waals surface area contributed by atoms with Gasteiger partial charge in [0.2, 0.25) is 0 Å². The van der Waals surface area contributed by atoms with Gasteiger partial charge in [-0.1, -0.05) is 12.2 Å². The average Bonchev–Trinajstić information content (AvgIpc) is 3.07. The summed E-state index contributed by atoms with van der Waals surface area (Å²) >= 11 is 6.56. The number of amides is 1. The molecular weight excluding hydrogens is 300 g/mol. The number of carbonyl (C=O) groups is 1. The van der Waals surface area contributed by atoms with Crippen LogP contribution < -0.4 is 10.6 Å².